The molecule has 1 aliphatic rings. The zero-order valence-electron chi connectivity index (χ0n) is 13.2. The molecule has 4 rings (SSSR count). The van der Waals surface area contributed by atoms with Gasteiger partial charge in [-0.2, -0.15) is 0 Å². The molecule has 0 amide bonds. The Labute approximate surface area is 139 Å². The van der Waals surface area contributed by atoms with Crippen molar-refractivity contribution < 1.29 is 9.84 Å². The summed E-state index contributed by atoms with van der Waals surface area (Å²) < 4.78 is 7.27. The lowest BCUT2D eigenvalue weighted by Gasteiger charge is -2.27. The monoisotopic (exact) mass is 325 g/mol. The Morgan fingerprint density at radius 3 is 2.67 bits per heavy atom. The second-order valence-electron chi connectivity index (χ2n) is 5.79. The van der Waals surface area contributed by atoms with Crippen LogP contribution in [0.5, 0.6) is 0 Å². The summed E-state index contributed by atoms with van der Waals surface area (Å²) in [5.41, 5.74) is 2.38. The van der Waals surface area contributed by atoms with Gasteiger partial charge in [0.15, 0.2) is 17.0 Å². The predicted molar refractivity (Wildman–Crippen MR) is 89.8 cm³/mol. The van der Waals surface area contributed by atoms with Crippen LogP contribution in [0.25, 0.3) is 11.2 Å². The van der Waals surface area contributed by atoms with Crippen molar-refractivity contribution in [1.29, 1.82) is 0 Å². The molecule has 3 aromatic rings. The summed E-state index contributed by atoms with van der Waals surface area (Å²) in [6.45, 7) is 3.38. The van der Waals surface area contributed by atoms with Gasteiger partial charge in [-0.15, -0.1) is 0 Å². The minimum atomic E-state index is -0.606. The van der Waals surface area contributed by atoms with Gasteiger partial charge < -0.3 is 19.3 Å². The molecule has 0 spiro atoms. The molecule has 24 heavy (non-hydrogen) atoms. The molecule has 1 unspecified atom stereocenters. The van der Waals surface area contributed by atoms with Crippen LogP contribution in [0.3, 0.4) is 0 Å². The van der Waals surface area contributed by atoms with Crippen LogP contribution in [0, 0.1) is 0 Å². The minimum Gasteiger partial charge on any atom is -0.387 e. The van der Waals surface area contributed by atoms with E-state index < -0.39 is 6.10 Å². The molecular weight excluding hydrogens is 306 g/mol. The van der Waals surface area contributed by atoms with Crippen molar-refractivity contribution in [3.05, 3.63) is 48.5 Å². The van der Waals surface area contributed by atoms with Crippen molar-refractivity contribution in [2.24, 2.45) is 0 Å². The van der Waals surface area contributed by atoms with Crippen molar-refractivity contribution in [3.63, 3.8) is 0 Å². The largest absolute Gasteiger partial charge is 0.387 e. The highest BCUT2D eigenvalue weighted by Crippen LogP contribution is 2.24. The lowest BCUT2D eigenvalue weighted by Crippen LogP contribution is -2.37. The van der Waals surface area contributed by atoms with E-state index in [4.69, 9.17) is 4.74 Å². The van der Waals surface area contributed by atoms with E-state index in [1.165, 1.54) is 0 Å². The van der Waals surface area contributed by atoms with E-state index in [9.17, 15) is 5.11 Å². The third-order valence-corrected chi connectivity index (χ3v) is 4.25. The molecule has 1 aromatic carbocycles. The quantitative estimate of drug-likeness (QED) is 0.781. The van der Waals surface area contributed by atoms with Crippen LogP contribution in [-0.4, -0.2) is 50.9 Å². The average molecular weight is 325 g/mol. The van der Waals surface area contributed by atoms with Gasteiger partial charge in [0.05, 0.1) is 32.2 Å². The van der Waals surface area contributed by atoms with Gasteiger partial charge in [0.25, 0.3) is 0 Å². The first-order valence-corrected chi connectivity index (χ1v) is 8.04. The number of rotatable bonds is 4. The topological polar surface area (TPSA) is 76.3 Å². The van der Waals surface area contributed by atoms with Gasteiger partial charge in [-0.1, -0.05) is 30.3 Å². The second-order valence-corrected chi connectivity index (χ2v) is 5.79. The number of hydrogen-bond acceptors (Lipinski definition) is 6. The number of nitrogens with zero attached hydrogens (tertiary/aromatic N) is 5. The molecule has 7 heteroatoms. The minimum absolute atomic E-state index is 0.403. The van der Waals surface area contributed by atoms with Crippen LogP contribution < -0.4 is 4.90 Å². The fraction of sp³-hybridized carbons (Fsp3) is 0.353. The van der Waals surface area contributed by atoms with E-state index >= 15 is 0 Å². The summed E-state index contributed by atoms with van der Waals surface area (Å²) in [5.74, 6) is 0.830. The Bertz CT molecular complexity index is 814. The van der Waals surface area contributed by atoms with E-state index in [-0.39, 0.29) is 0 Å². The van der Waals surface area contributed by atoms with Gasteiger partial charge in [0, 0.05) is 13.1 Å². The van der Waals surface area contributed by atoms with Gasteiger partial charge in [0.1, 0.15) is 6.33 Å². The highest BCUT2D eigenvalue weighted by molar-refractivity contribution is 5.83. The van der Waals surface area contributed by atoms with Crippen molar-refractivity contribution >= 4 is 17.0 Å². The molecule has 0 saturated carbocycles. The van der Waals surface area contributed by atoms with E-state index in [0.717, 1.165) is 35.6 Å². The molecule has 0 aliphatic carbocycles. The summed E-state index contributed by atoms with van der Waals surface area (Å²) in [5, 5.41) is 10.5. The number of ether oxygens (including phenoxy) is 1. The summed E-state index contributed by atoms with van der Waals surface area (Å²) in [6, 6.07) is 9.60. The van der Waals surface area contributed by atoms with E-state index in [0.29, 0.717) is 19.8 Å². The number of imidazole rings is 1. The first kappa shape index (κ1) is 15.0. The molecule has 0 bridgehead atoms. The van der Waals surface area contributed by atoms with Crippen LogP contribution in [0.15, 0.2) is 43.0 Å². The molecule has 1 saturated heterocycles. The van der Waals surface area contributed by atoms with Crippen LogP contribution >= 0.6 is 0 Å². The molecule has 124 valence electrons. The van der Waals surface area contributed by atoms with Crippen molar-refractivity contribution in [3.8, 4) is 0 Å². The molecule has 1 fully saturated rings. The number of fused-ring (bicyclic) bond motifs is 1. The SMILES string of the molecule is OC(Cn1cnc2c(N3CCOCC3)ncnc21)c1ccccc1. The number of hydrogen-bond donors (Lipinski definition) is 1. The zero-order valence-corrected chi connectivity index (χ0v) is 13.2. The highest BCUT2D eigenvalue weighted by atomic mass is 16.5. The molecule has 1 aliphatic heterocycles. The lowest BCUT2D eigenvalue weighted by molar-refractivity contribution is 0.122. The standard InChI is InChI=1S/C17H19N5O2/c23-14(13-4-2-1-3-5-13)10-22-12-20-15-16(18-11-19-17(15)22)21-6-8-24-9-7-21/h1-5,11-12,14,23H,6-10H2. The summed E-state index contributed by atoms with van der Waals surface area (Å²) in [7, 11) is 0. The van der Waals surface area contributed by atoms with Crippen molar-refractivity contribution in [2.75, 3.05) is 31.2 Å². The number of aliphatic hydroxyl groups is 1. The highest BCUT2D eigenvalue weighted by Gasteiger charge is 2.19. The second kappa shape index (κ2) is 6.54. The lowest BCUT2D eigenvalue weighted by atomic mass is 10.1. The predicted octanol–water partition coefficient (Wildman–Crippen LogP) is 1.40. The molecule has 2 aromatic heterocycles. The maximum atomic E-state index is 10.5. The van der Waals surface area contributed by atoms with Gasteiger partial charge in [0.2, 0.25) is 0 Å². The summed E-state index contributed by atoms with van der Waals surface area (Å²) in [4.78, 5) is 15.4. The Hall–Kier alpha value is -2.51. The van der Waals surface area contributed by atoms with Crippen LogP contribution in [0.4, 0.5) is 5.82 Å². The number of benzene rings is 1. The average Bonchev–Trinajstić information content (AvgIpc) is 3.06. The Kier molecular flexibility index (Phi) is 4.10. The first-order chi connectivity index (χ1) is 11.8. The molecule has 1 atom stereocenters. The third-order valence-electron chi connectivity index (χ3n) is 4.25. The molecule has 1 N–H and O–H groups in total. The van der Waals surface area contributed by atoms with Crippen molar-refractivity contribution in [1.82, 2.24) is 19.5 Å². The third kappa shape index (κ3) is 2.83. The molecule has 7 nitrogen and oxygen atoms in total. The van der Waals surface area contributed by atoms with Crippen LogP contribution in [0.2, 0.25) is 0 Å². The zero-order chi connectivity index (χ0) is 16.4. The van der Waals surface area contributed by atoms with Crippen LogP contribution in [0.1, 0.15) is 11.7 Å². The molecule has 0 radical (unpaired) electrons. The number of aliphatic hydroxyl groups excluding tert-OH is 1. The van der Waals surface area contributed by atoms with E-state index in [1.807, 2.05) is 34.9 Å². The maximum Gasteiger partial charge on any atom is 0.165 e. The van der Waals surface area contributed by atoms with E-state index in [2.05, 4.69) is 19.9 Å². The fourth-order valence-corrected chi connectivity index (χ4v) is 2.98. The van der Waals surface area contributed by atoms with E-state index in [1.54, 1.807) is 12.7 Å². The smallest absolute Gasteiger partial charge is 0.165 e. The molecule has 3 heterocycles. The number of anilines is 1. The fourth-order valence-electron chi connectivity index (χ4n) is 2.98. The normalized spacial score (nSPS) is 16.5. The number of morpholine rings is 1. The van der Waals surface area contributed by atoms with Gasteiger partial charge in [-0.05, 0) is 5.56 Å². The Morgan fingerprint density at radius 1 is 1.08 bits per heavy atom. The number of aromatic nitrogens is 4. The molecular formula is C17H19N5O2. The van der Waals surface area contributed by atoms with Crippen molar-refractivity contribution in [2.45, 2.75) is 12.6 Å². The van der Waals surface area contributed by atoms with Gasteiger partial charge in [-0.25, -0.2) is 15.0 Å². The van der Waals surface area contributed by atoms with Gasteiger partial charge >= 0.3 is 0 Å². The Morgan fingerprint density at radius 2 is 1.88 bits per heavy atom. The maximum absolute atomic E-state index is 10.5. The van der Waals surface area contributed by atoms with Gasteiger partial charge in [-0.3, -0.25) is 0 Å². The Balaban J connectivity index is 1.63. The first-order valence-electron chi connectivity index (χ1n) is 8.04. The van der Waals surface area contributed by atoms with Crippen LogP contribution in [-0.2, 0) is 11.3 Å². The summed E-state index contributed by atoms with van der Waals surface area (Å²) in [6.07, 6.45) is 2.67. The summed E-state index contributed by atoms with van der Waals surface area (Å²) >= 11 is 0.